The van der Waals surface area contributed by atoms with Gasteiger partial charge in [-0.2, -0.15) is 0 Å². The molecule has 6 heteroatoms. The maximum atomic E-state index is 5.62. The lowest BCUT2D eigenvalue weighted by Crippen LogP contribution is -2.23. The first kappa shape index (κ1) is 14.7. The molecule has 2 aromatic rings. The zero-order valence-electron chi connectivity index (χ0n) is 11.3. The van der Waals surface area contributed by atoms with Crippen molar-refractivity contribution in [3.8, 4) is 0 Å². The van der Waals surface area contributed by atoms with Crippen molar-refractivity contribution in [1.29, 1.82) is 0 Å². The van der Waals surface area contributed by atoms with E-state index in [0.717, 1.165) is 33.8 Å². The van der Waals surface area contributed by atoms with Crippen molar-refractivity contribution >= 4 is 27.5 Å². The van der Waals surface area contributed by atoms with Crippen molar-refractivity contribution in [2.75, 3.05) is 6.54 Å². The highest BCUT2D eigenvalue weighted by atomic mass is 79.9. The third-order valence-corrected chi connectivity index (χ3v) is 4.31. The summed E-state index contributed by atoms with van der Waals surface area (Å²) in [7, 11) is 0. The topological polar surface area (TPSA) is 51.0 Å². The molecule has 4 nitrogen and oxygen atoms in total. The van der Waals surface area contributed by atoms with E-state index in [1.54, 1.807) is 6.26 Å². The Morgan fingerprint density at radius 1 is 1.47 bits per heavy atom. The molecule has 2 heterocycles. The van der Waals surface area contributed by atoms with Gasteiger partial charge in [0.1, 0.15) is 11.8 Å². The molecule has 104 valence electrons. The Labute approximate surface area is 125 Å². The van der Waals surface area contributed by atoms with Crippen LogP contribution in [-0.4, -0.2) is 16.1 Å². The van der Waals surface area contributed by atoms with E-state index in [1.807, 2.05) is 6.07 Å². The fraction of sp³-hybridized carbons (Fsp3) is 0.538. The molecule has 1 N–H and O–H groups in total. The highest BCUT2D eigenvalue weighted by Gasteiger charge is 2.26. The first-order valence-electron chi connectivity index (χ1n) is 6.43. The average molecular weight is 344 g/mol. The predicted octanol–water partition coefficient (Wildman–Crippen LogP) is 4.11. The van der Waals surface area contributed by atoms with Crippen LogP contribution in [-0.2, 0) is 0 Å². The number of halogens is 1. The maximum absolute atomic E-state index is 5.62. The zero-order valence-corrected chi connectivity index (χ0v) is 13.7. The van der Waals surface area contributed by atoms with E-state index < -0.39 is 0 Å². The molecule has 0 fully saturated rings. The Kier molecular flexibility index (Phi) is 5.13. The second-order valence-electron chi connectivity index (χ2n) is 4.70. The number of hydrogen-bond acceptors (Lipinski definition) is 5. The molecule has 0 radical (unpaired) electrons. The van der Waals surface area contributed by atoms with Gasteiger partial charge in [0, 0.05) is 0 Å². The lowest BCUT2D eigenvalue weighted by molar-refractivity contribution is 0.445. The summed E-state index contributed by atoms with van der Waals surface area (Å²) in [5.41, 5.74) is 1.04. The summed E-state index contributed by atoms with van der Waals surface area (Å²) >= 11 is 4.97. The Morgan fingerprint density at radius 3 is 2.84 bits per heavy atom. The minimum Gasteiger partial charge on any atom is -0.466 e. The summed E-state index contributed by atoms with van der Waals surface area (Å²) in [4.78, 5) is 1.14. The SMILES string of the molecule is CCCNC(c1occc1Br)c1snnc1C(C)C. The minimum absolute atomic E-state index is 0.0155. The van der Waals surface area contributed by atoms with Crippen LogP contribution in [0.15, 0.2) is 21.2 Å². The smallest absolute Gasteiger partial charge is 0.140 e. The van der Waals surface area contributed by atoms with Gasteiger partial charge >= 0.3 is 0 Å². The van der Waals surface area contributed by atoms with Gasteiger partial charge in [-0.25, -0.2) is 0 Å². The van der Waals surface area contributed by atoms with Gasteiger partial charge < -0.3 is 9.73 Å². The quantitative estimate of drug-likeness (QED) is 0.857. The standard InChI is InChI=1S/C13H18BrN3OS/c1-4-6-15-11(12-9(14)5-7-18-12)13-10(8(2)3)16-17-19-13/h5,7-8,11,15H,4,6H2,1-3H3. The van der Waals surface area contributed by atoms with E-state index in [0.29, 0.717) is 5.92 Å². The maximum Gasteiger partial charge on any atom is 0.140 e. The van der Waals surface area contributed by atoms with Gasteiger partial charge in [-0.3, -0.25) is 0 Å². The van der Waals surface area contributed by atoms with Crippen LogP contribution in [0.1, 0.15) is 55.5 Å². The van der Waals surface area contributed by atoms with E-state index in [1.165, 1.54) is 11.5 Å². The lowest BCUT2D eigenvalue weighted by atomic mass is 10.0. The number of rotatable bonds is 6. The first-order chi connectivity index (χ1) is 9.15. The summed E-state index contributed by atoms with van der Waals surface area (Å²) < 4.78 is 10.7. The molecule has 2 rings (SSSR count). The molecule has 1 unspecified atom stereocenters. The van der Waals surface area contributed by atoms with Gasteiger partial charge in [0.25, 0.3) is 0 Å². The van der Waals surface area contributed by atoms with E-state index in [9.17, 15) is 0 Å². The van der Waals surface area contributed by atoms with E-state index in [2.05, 4.69) is 51.6 Å². The van der Waals surface area contributed by atoms with Crippen LogP contribution >= 0.6 is 27.5 Å². The molecular formula is C13H18BrN3OS. The van der Waals surface area contributed by atoms with E-state index in [-0.39, 0.29) is 6.04 Å². The average Bonchev–Trinajstić information content (AvgIpc) is 3.00. The van der Waals surface area contributed by atoms with Gasteiger partial charge in [-0.15, -0.1) is 5.10 Å². The number of furan rings is 1. The second-order valence-corrected chi connectivity index (χ2v) is 6.34. The number of nitrogens with zero attached hydrogens (tertiary/aromatic N) is 2. The van der Waals surface area contributed by atoms with Gasteiger partial charge in [0.2, 0.25) is 0 Å². The minimum atomic E-state index is 0.0155. The molecular weight excluding hydrogens is 326 g/mol. The molecule has 0 bridgehead atoms. The van der Waals surface area contributed by atoms with Crippen LogP contribution < -0.4 is 5.32 Å². The fourth-order valence-electron chi connectivity index (χ4n) is 1.91. The number of hydrogen-bond donors (Lipinski definition) is 1. The Hall–Kier alpha value is -0.720. The van der Waals surface area contributed by atoms with E-state index >= 15 is 0 Å². The predicted molar refractivity (Wildman–Crippen MR) is 80.5 cm³/mol. The van der Waals surface area contributed by atoms with Crippen LogP contribution in [0, 0.1) is 0 Å². The highest BCUT2D eigenvalue weighted by molar-refractivity contribution is 9.10. The van der Waals surface area contributed by atoms with Gasteiger partial charge in [-0.1, -0.05) is 25.3 Å². The summed E-state index contributed by atoms with van der Waals surface area (Å²) in [6.07, 6.45) is 2.77. The molecule has 0 aliphatic rings. The Bertz CT molecular complexity index is 523. The van der Waals surface area contributed by atoms with Crippen molar-refractivity contribution in [3.05, 3.63) is 33.1 Å². The number of aromatic nitrogens is 2. The van der Waals surface area contributed by atoms with Crippen molar-refractivity contribution in [2.24, 2.45) is 0 Å². The number of nitrogens with one attached hydrogen (secondary N) is 1. The summed E-state index contributed by atoms with van der Waals surface area (Å²) in [6, 6.07) is 1.93. The highest BCUT2D eigenvalue weighted by Crippen LogP contribution is 2.34. The van der Waals surface area contributed by atoms with Gasteiger partial charge in [-0.05, 0) is 52.4 Å². The molecule has 0 aromatic carbocycles. The third kappa shape index (κ3) is 3.24. The van der Waals surface area contributed by atoms with Crippen LogP contribution in [0.25, 0.3) is 0 Å². The lowest BCUT2D eigenvalue weighted by Gasteiger charge is -2.17. The molecule has 0 spiro atoms. The molecule has 19 heavy (non-hydrogen) atoms. The molecule has 0 aliphatic heterocycles. The zero-order chi connectivity index (χ0) is 13.8. The molecule has 0 aliphatic carbocycles. The summed E-state index contributed by atoms with van der Waals surface area (Å²) in [5, 5.41) is 7.77. The first-order valence-corrected chi connectivity index (χ1v) is 8.00. The molecule has 0 saturated heterocycles. The van der Waals surface area contributed by atoms with Crippen molar-refractivity contribution in [2.45, 2.75) is 39.2 Å². The summed E-state index contributed by atoms with van der Waals surface area (Å²) in [6.45, 7) is 7.34. The molecule has 0 saturated carbocycles. The molecule has 0 amide bonds. The Balaban J connectivity index is 2.37. The van der Waals surface area contributed by atoms with E-state index in [4.69, 9.17) is 4.42 Å². The normalized spacial score (nSPS) is 13.1. The Morgan fingerprint density at radius 2 is 2.26 bits per heavy atom. The van der Waals surface area contributed by atoms with Crippen molar-refractivity contribution in [1.82, 2.24) is 14.9 Å². The van der Waals surface area contributed by atoms with Crippen LogP contribution in [0.5, 0.6) is 0 Å². The van der Waals surface area contributed by atoms with Crippen molar-refractivity contribution in [3.63, 3.8) is 0 Å². The second kappa shape index (κ2) is 6.63. The molecule has 2 aromatic heterocycles. The van der Waals surface area contributed by atoms with Gasteiger partial charge in [0.15, 0.2) is 0 Å². The van der Waals surface area contributed by atoms with Gasteiger partial charge in [0.05, 0.1) is 21.3 Å². The molecule has 1 atom stereocenters. The van der Waals surface area contributed by atoms with Crippen LogP contribution in [0.4, 0.5) is 0 Å². The van der Waals surface area contributed by atoms with Crippen molar-refractivity contribution < 1.29 is 4.42 Å². The fourth-order valence-corrected chi connectivity index (χ4v) is 3.22. The monoisotopic (exact) mass is 343 g/mol. The van der Waals surface area contributed by atoms with Crippen LogP contribution in [0.3, 0.4) is 0 Å². The van der Waals surface area contributed by atoms with Crippen LogP contribution in [0.2, 0.25) is 0 Å². The largest absolute Gasteiger partial charge is 0.466 e. The third-order valence-electron chi connectivity index (χ3n) is 2.85. The summed E-state index contributed by atoms with van der Waals surface area (Å²) in [5.74, 6) is 1.25.